The van der Waals surface area contributed by atoms with Gasteiger partial charge in [0.25, 0.3) is 11.5 Å². The number of ether oxygens (including phenoxy) is 1. The highest BCUT2D eigenvalue weighted by molar-refractivity contribution is 6.30. The summed E-state index contributed by atoms with van der Waals surface area (Å²) >= 11 is 10.5. The third-order valence-corrected chi connectivity index (χ3v) is 3.25. The minimum Gasteiger partial charge on any atom is -0.420 e. The molecule has 9 heteroatoms. The number of halogens is 4. The summed E-state index contributed by atoms with van der Waals surface area (Å²) in [6.45, 7) is 0. The number of benzene rings is 1. The molecule has 1 aromatic heterocycles. The number of aromatic nitrogens is 1. The van der Waals surface area contributed by atoms with Gasteiger partial charge in [-0.1, -0.05) is 11.6 Å². The molecule has 0 saturated carbocycles. The van der Waals surface area contributed by atoms with Crippen molar-refractivity contribution >= 4 is 34.8 Å². The van der Waals surface area contributed by atoms with Gasteiger partial charge in [0.1, 0.15) is 10.9 Å². The van der Waals surface area contributed by atoms with Crippen LogP contribution in [0.4, 0.5) is 14.5 Å². The lowest BCUT2D eigenvalue weighted by Gasteiger charge is -2.11. The van der Waals surface area contributed by atoms with Crippen molar-refractivity contribution in [3.8, 4) is 5.75 Å². The predicted octanol–water partition coefficient (Wildman–Crippen LogP) is 3.46. The number of carbonyl (C=O) groups is 1. The van der Waals surface area contributed by atoms with Crippen molar-refractivity contribution in [1.29, 1.82) is 0 Å². The fourth-order valence-corrected chi connectivity index (χ4v) is 1.97. The molecule has 5 nitrogen and oxygen atoms in total. The van der Waals surface area contributed by atoms with E-state index in [-0.39, 0.29) is 16.5 Å². The molecule has 1 heterocycles. The second-order valence-corrected chi connectivity index (χ2v) is 5.32. The lowest BCUT2D eigenvalue weighted by molar-refractivity contribution is -0.0964. The molecule has 122 valence electrons. The smallest absolute Gasteiger partial charge is 0.420 e. The van der Waals surface area contributed by atoms with Gasteiger partial charge in [-0.05, 0) is 30.3 Å². The highest BCUT2D eigenvalue weighted by Gasteiger charge is 2.27. The van der Waals surface area contributed by atoms with Crippen LogP contribution in [0.3, 0.4) is 0 Å². The van der Waals surface area contributed by atoms with Crippen LogP contribution in [-0.2, 0) is 7.05 Å². The Morgan fingerprint density at radius 3 is 2.39 bits per heavy atom. The van der Waals surface area contributed by atoms with Gasteiger partial charge in [0.05, 0.1) is 0 Å². The average molecular weight is 363 g/mol. The Morgan fingerprint density at radius 1 is 1.26 bits per heavy atom. The number of hydrogen-bond acceptors (Lipinski definition) is 3. The van der Waals surface area contributed by atoms with Crippen LogP contribution in [0, 0.1) is 0 Å². The number of alkyl halides is 3. The van der Waals surface area contributed by atoms with Crippen molar-refractivity contribution in [3.05, 3.63) is 57.5 Å². The Balaban J connectivity index is 2.13. The van der Waals surface area contributed by atoms with Crippen LogP contribution in [0.15, 0.2) is 41.2 Å². The van der Waals surface area contributed by atoms with Crippen molar-refractivity contribution in [2.45, 2.75) is 5.57 Å². The van der Waals surface area contributed by atoms with Crippen LogP contribution in [0.25, 0.3) is 0 Å². The van der Waals surface area contributed by atoms with Crippen LogP contribution in [0.5, 0.6) is 5.75 Å². The van der Waals surface area contributed by atoms with E-state index in [0.29, 0.717) is 5.69 Å². The summed E-state index contributed by atoms with van der Waals surface area (Å²) in [5, 5.41) is 2.61. The molecule has 0 unspecified atom stereocenters. The van der Waals surface area contributed by atoms with Crippen molar-refractivity contribution in [2.24, 2.45) is 7.05 Å². The van der Waals surface area contributed by atoms with E-state index in [9.17, 15) is 18.4 Å². The minimum atomic E-state index is -3.81. The molecule has 1 amide bonds. The molecule has 2 rings (SSSR count). The number of amides is 1. The van der Waals surface area contributed by atoms with Gasteiger partial charge in [0.15, 0.2) is 0 Å². The minimum absolute atomic E-state index is 0.0747. The second-order valence-electron chi connectivity index (χ2n) is 4.49. The average Bonchev–Trinajstić information content (AvgIpc) is 2.44. The summed E-state index contributed by atoms with van der Waals surface area (Å²) in [7, 11) is 1.47. The van der Waals surface area contributed by atoms with Crippen LogP contribution in [0.1, 0.15) is 10.4 Å². The monoisotopic (exact) mass is 362 g/mol. The Hall–Kier alpha value is -2.12. The van der Waals surface area contributed by atoms with Crippen molar-refractivity contribution in [1.82, 2.24) is 4.57 Å². The van der Waals surface area contributed by atoms with Crippen molar-refractivity contribution < 1.29 is 18.3 Å². The highest BCUT2D eigenvalue weighted by Crippen LogP contribution is 2.26. The molecule has 0 saturated heterocycles. The van der Waals surface area contributed by atoms with E-state index in [4.69, 9.17) is 11.6 Å². The van der Waals surface area contributed by atoms with E-state index >= 15 is 0 Å². The van der Waals surface area contributed by atoms with Gasteiger partial charge in [0.2, 0.25) is 0 Å². The molecule has 2 aromatic rings. The third-order valence-electron chi connectivity index (χ3n) is 2.81. The molecule has 1 aromatic carbocycles. The molecule has 0 bridgehead atoms. The summed E-state index contributed by atoms with van der Waals surface area (Å²) in [5.41, 5.74) is -3.86. The first-order valence-corrected chi connectivity index (χ1v) is 6.95. The number of anilines is 1. The molecule has 0 spiro atoms. The lowest BCUT2D eigenvalue weighted by Crippen LogP contribution is -2.21. The van der Waals surface area contributed by atoms with Gasteiger partial charge in [-0.15, -0.1) is 8.78 Å². The van der Waals surface area contributed by atoms with Crippen molar-refractivity contribution in [3.63, 3.8) is 0 Å². The highest BCUT2D eigenvalue weighted by atomic mass is 35.5. The fraction of sp³-hybridized carbons (Fsp3) is 0.143. The topological polar surface area (TPSA) is 60.3 Å². The molecule has 0 atom stereocenters. The number of pyridine rings is 1. The van der Waals surface area contributed by atoms with E-state index in [1.165, 1.54) is 41.9 Å². The number of rotatable bonds is 4. The van der Waals surface area contributed by atoms with Gasteiger partial charge < -0.3 is 14.6 Å². The second kappa shape index (κ2) is 6.55. The van der Waals surface area contributed by atoms with Crippen LogP contribution < -0.4 is 15.6 Å². The number of nitrogens with zero attached hydrogens (tertiary/aromatic N) is 1. The molecule has 23 heavy (non-hydrogen) atoms. The van der Waals surface area contributed by atoms with Gasteiger partial charge in [-0.3, -0.25) is 9.59 Å². The normalized spacial score (nSPS) is 11.2. The van der Waals surface area contributed by atoms with E-state index < -0.39 is 17.0 Å². The summed E-state index contributed by atoms with van der Waals surface area (Å²) in [4.78, 5) is 23.6. The molecule has 0 fully saturated rings. The van der Waals surface area contributed by atoms with E-state index in [2.05, 4.69) is 21.7 Å². The van der Waals surface area contributed by atoms with Gasteiger partial charge >= 0.3 is 5.57 Å². The number of hydrogen-bond donors (Lipinski definition) is 1. The largest absolute Gasteiger partial charge is 0.487 e. The molecule has 0 aliphatic rings. The van der Waals surface area contributed by atoms with Gasteiger partial charge in [0, 0.05) is 36.0 Å². The maximum atomic E-state index is 12.5. The summed E-state index contributed by atoms with van der Waals surface area (Å²) < 4.78 is 30.3. The Labute approximate surface area is 139 Å². The summed E-state index contributed by atoms with van der Waals surface area (Å²) in [6, 6.07) is 7.58. The number of carbonyl (C=O) groups excluding carboxylic acids is 1. The molecule has 1 N–H and O–H groups in total. The van der Waals surface area contributed by atoms with Crippen LogP contribution in [-0.4, -0.2) is 16.0 Å². The Bertz CT molecular complexity index is 786. The first-order chi connectivity index (χ1) is 10.7. The molecular formula is C14H10Cl2F2N2O3. The van der Waals surface area contributed by atoms with Gasteiger partial charge in [-0.25, -0.2) is 0 Å². The van der Waals surface area contributed by atoms with Gasteiger partial charge in [-0.2, -0.15) is 0 Å². The maximum absolute atomic E-state index is 12.5. The first-order valence-electron chi connectivity index (χ1n) is 6.19. The van der Waals surface area contributed by atoms with Crippen LogP contribution >= 0.6 is 23.2 Å². The molecule has 0 aliphatic heterocycles. The first kappa shape index (κ1) is 17.2. The lowest BCUT2D eigenvalue weighted by atomic mass is 10.2. The zero-order chi connectivity index (χ0) is 17.2. The standard InChI is InChI=1S/C14H10Cl2F2N2O3/c1-20-11(15)6-8(7-12(20)21)13(22)19-9-2-4-10(5-3-9)23-14(16,17)18/h2-7H,1H3,(H,19,22). The molecule has 0 aliphatic carbocycles. The SMILES string of the molecule is Cn1c(Cl)cc(C(=O)Nc2ccc(OC(F)(F)Cl)cc2)cc1=O. The molecular weight excluding hydrogens is 353 g/mol. The molecule has 0 radical (unpaired) electrons. The zero-order valence-corrected chi connectivity index (χ0v) is 13.2. The van der Waals surface area contributed by atoms with E-state index in [0.717, 1.165) is 6.07 Å². The summed E-state index contributed by atoms with van der Waals surface area (Å²) in [5.74, 6) is -0.736. The van der Waals surface area contributed by atoms with E-state index in [1.54, 1.807) is 0 Å². The zero-order valence-electron chi connectivity index (χ0n) is 11.6. The van der Waals surface area contributed by atoms with Crippen molar-refractivity contribution in [2.75, 3.05) is 5.32 Å². The number of nitrogens with one attached hydrogen (secondary N) is 1. The third kappa shape index (κ3) is 4.67. The summed E-state index contributed by atoms with van der Waals surface area (Å²) in [6.07, 6.45) is 0. The fourth-order valence-electron chi connectivity index (χ4n) is 1.68. The predicted molar refractivity (Wildman–Crippen MR) is 82.5 cm³/mol. The Kier molecular flexibility index (Phi) is 4.91. The van der Waals surface area contributed by atoms with Crippen LogP contribution in [0.2, 0.25) is 5.15 Å². The quantitative estimate of drug-likeness (QED) is 0.669. The Morgan fingerprint density at radius 2 is 1.87 bits per heavy atom. The maximum Gasteiger partial charge on any atom is 0.487 e. The van der Waals surface area contributed by atoms with E-state index in [1.807, 2.05) is 0 Å².